The van der Waals surface area contributed by atoms with E-state index in [4.69, 9.17) is 0 Å². The first-order valence-electron chi connectivity index (χ1n) is 8.95. The van der Waals surface area contributed by atoms with Crippen molar-refractivity contribution in [2.45, 2.75) is 25.5 Å². The van der Waals surface area contributed by atoms with Gasteiger partial charge in [-0.25, -0.2) is 0 Å². The molecule has 0 aliphatic carbocycles. The van der Waals surface area contributed by atoms with Crippen LogP contribution in [0.4, 0.5) is 0 Å². The molecule has 0 unspecified atom stereocenters. The fraction of sp³-hybridized carbons (Fsp3) is 0.217. The first kappa shape index (κ1) is 17.4. The fourth-order valence-corrected chi connectivity index (χ4v) is 3.19. The first-order valence-corrected chi connectivity index (χ1v) is 8.95. The molecule has 0 saturated heterocycles. The molecule has 3 N–H and O–H groups in total. The number of nitrogens with two attached hydrogens (primary N) is 1. The molecule has 0 aliphatic rings. The Hall–Kier alpha value is -2.42. The van der Waals surface area contributed by atoms with Crippen molar-refractivity contribution in [1.82, 2.24) is 0 Å². The minimum absolute atomic E-state index is 0.581. The van der Waals surface area contributed by atoms with E-state index >= 15 is 0 Å². The highest BCUT2D eigenvalue weighted by molar-refractivity contribution is 5.37. The Morgan fingerprint density at radius 2 is 1.28 bits per heavy atom. The van der Waals surface area contributed by atoms with Crippen LogP contribution in [0.25, 0.3) is 0 Å². The van der Waals surface area contributed by atoms with Crippen LogP contribution in [-0.2, 0) is 18.6 Å². The highest BCUT2D eigenvalue weighted by Gasteiger charge is 2.33. The summed E-state index contributed by atoms with van der Waals surface area (Å²) in [6.07, 6.45) is 1.00. The van der Waals surface area contributed by atoms with Crippen LogP contribution in [0.3, 0.4) is 0 Å². The van der Waals surface area contributed by atoms with E-state index in [2.05, 4.69) is 60.8 Å². The molecule has 0 saturated carbocycles. The second kappa shape index (κ2) is 8.11. The van der Waals surface area contributed by atoms with Gasteiger partial charge in [-0.2, -0.15) is 0 Å². The number of aliphatic hydroxyl groups is 1. The molecular formula is C23H26NO+. The summed E-state index contributed by atoms with van der Waals surface area (Å²) in [4.78, 5) is 0. The molecule has 3 aromatic carbocycles. The van der Waals surface area contributed by atoms with Gasteiger partial charge in [0.2, 0.25) is 0 Å². The van der Waals surface area contributed by atoms with Crippen LogP contribution in [0.15, 0.2) is 84.9 Å². The van der Waals surface area contributed by atoms with Crippen LogP contribution in [0.5, 0.6) is 0 Å². The third kappa shape index (κ3) is 4.16. The second-order valence-electron chi connectivity index (χ2n) is 6.46. The first-order chi connectivity index (χ1) is 12.2. The van der Waals surface area contributed by atoms with Gasteiger partial charge in [-0.05, 0) is 23.1 Å². The normalized spacial score (nSPS) is 13.4. The molecular weight excluding hydrogens is 306 g/mol. The molecule has 0 bridgehead atoms. The minimum atomic E-state index is -0.998. The summed E-state index contributed by atoms with van der Waals surface area (Å²) in [5, 5.41) is 13.7. The van der Waals surface area contributed by atoms with E-state index in [9.17, 15) is 5.11 Å². The lowest BCUT2D eigenvalue weighted by Crippen LogP contribution is -2.86. The van der Waals surface area contributed by atoms with Crippen LogP contribution in [0.1, 0.15) is 29.2 Å². The van der Waals surface area contributed by atoms with Crippen molar-refractivity contribution < 1.29 is 10.4 Å². The molecule has 1 atom stereocenters. The molecule has 0 amide bonds. The van der Waals surface area contributed by atoms with Crippen molar-refractivity contribution in [2.75, 3.05) is 6.54 Å². The summed E-state index contributed by atoms with van der Waals surface area (Å²) in [6.45, 7) is 3.58. The highest BCUT2D eigenvalue weighted by Crippen LogP contribution is 2.28. The molecule has 0 aromatic heterocycles. The van der Waals surface area contributed by atoms with E-state index in [1.807, 2.05) is 36.4 Å². The molecule has 3 rings (SSSR count). The van der Waals surface area contributed by atoms with Gasteiger partial charge in [-0.3, -0.25) is 0 Å². The Morgan fingerprint density at radius 3 is 1.88 bits per heavy atom. The SMILES string of the molecule is CCc1ccc([C@](O)(C[NH2+]Cc2ccccc2)c2ccccc2)cc1. The van der Waals surface area contributed by atoms with Crippen LogP contribution < -0.4 is 5.32 Å². The Labute approximate surface area is 150 Å². The van der Waals surface area contributed by atoms with E-state index < -0.39 is 5.60 Å². The molecule has 128 valence electrons. The number of aryl methyl sites for hydroxylation is 1. The molecule has 0 heterocycles. The summed E-state index contributed by atoms with van der Waals surface area (Å²) in [6, 6.07) is 28.7. The maximum absolute atomic E-state index is 11.6. The van der Waals surface area contributed by atoms with E-state index in [0.717, 1.165) is 24.1 Å². The average molecular weight is 332 g/mol. The lowest BCUT2D eigenvalue weighted by atomic mass is 9.85. The van der Waals surface area contributed by atoms with E-state index in [1.165, 1.54) is 11.1 Å². The zero-order valence-electron chi connectivity index (χ0n) is 14.7. The van der Waals surface area contributed by atoms with Gasteiger partial charge in [0.1, 0.15) is 13.1 Å². The standard InChI is InChI=1S/C23H25NO/c1-2-19-13-15-22(16-14-19)23(25,21-11-7-4-8-12-21)18-24-17-20-9-5-3-6-10-20/h3-16,24-25H,2,17-18H2,1H3/p+1/t23-/m0/s1. The smallest absolute Gasteiger partial charge is 0.163 e. The van der Waals surface area contributed by atoms with Crippen LogP contribution in [0, 0.1) is 0 Å². The predicted octanol–water partition coefficient (Wildman–Crippen LogP) is 3.25. The Bertz CT molecular complexity index is 768. The summed E-state index contributed by atoms with van der Waals surface area (Å²) < 4.78 is 0. The zero-order chi connectivity index (χ0) is 17.5. The summed E-state index contributed by atoms with van der Waals surface area (Å²) in [5.41, 5.74) is 3.43. The van der Waals surface area contributed by atoms with Crippen molar-refractivity contribution in [2.24, 2.45) is 0 Å². The molecule has 2 heteroatoms. The monoisotopic (exact) mass is 332 g/mol. The summed E-state index contributed by atoms with van der Waals surface area (Å²) in [5.74, 6) is 0. The average Bonchev–Trinajstić information content (AvgIpc) is 2.69. The van der Waals surface area contributed by atoms with Crippen LogP contribution >= 0.6 is 0 Å². The Balaban J connectivity index is 1.83. The number of rotatable bonds is 7. The molecule has 3 aromatic rings. The summed E-state index contributed by atoms with van der Waals surface area (Å²) in [7, 11) is 0. The third-order valence-electron chi connectivity index (χ3n) is 4.75. The summed E-state index contributed by atoms with van der Waals surface area (Å²) >= 11 is 0. The van der Waals surface area contributed by atoms with Crippen molar-refractivity contribution >= 4 is 0 Å². The van der Waals surface area contributed by atoms with Gasteiger partial charge in [-0.15, -0.1) is 0 Å². The number of quaternary nitrogens is 1. The van der Waals surface area contributed by atoms with Gasteiger partial charge in [0.05, 0.1) is 0 Å². The van der Waals surface area contributed by atoms with Crippen molar-refractivity contribution in [3.05, 3.63) is 107 Å². The lowest BCUT2D eigenvalue weighted by molar-refractivity contribution is -0.682. The molecule has 0 spiro atoms. The Kier molecular flexibility index (Phi) is 5.64. The highest BCUT2D eigenvalue weighted by atomic mass is 16.3. The number of benzene rings is 3. The van der Waals surface area contributed by atoms with Gasteiger partial charge in [0, 0.05) is 5.56 Å². The third-order valence-corrected chi connectivity index (χ3v) is 4.75. The largest absolute Gasteiger partial charge is 0.375 e. The minimum Gasteiger partial charge on any atom is -0.375 e. The maximum atomic E-state index is 11.6. The molecule has 0 radical (unpaired) electrons. The predicted molar refractivity (Wildman–Crippen MR) is 102 cm³/mol. The van der Waals surface area contributed by atoms with Crippen LogP contribution in [0.2, 0.25) is 0 Å². The van der Waals surface area contributed by atoms with Gasteiger partial charge in [-0.1, -0.05) is 91.9 Å². The van der Waals surface area contributed by atoms with E-state index in [1.54, 1.807) is 0 Å². The van der Waals surface area contributed by atoms with Crippen molar-refractivity contribution in [1.29, 1.82) is 0 Å². The van der Waals surface area contributed by atoms with Gasteiger partial charge in [0.25, 0.3) is 0 Å². The second-order valence-corrected chi connectivity index (χ2v) is 6.46. The van der Waals surface area contributed by atoms with Crippen LogP contribution in [-0.4, -0.2) is 11.7 Å². The van der Waals surface area contributed by atoms with Gasteiger partial charge >= 0.3 is 0 Å². The lowest BCUT2D eigenvalue weighted by Gasteiger charge is -2.28. The molecule has 2 nitrogen and oxygen atoms in total. The fourth-order valence-electron chi connectivity index (χ4n) is 3.19. The topological polar surface area (TPSA) is 36.8 Å². The molecule has 0 fully saturated rings. The maximum Gasteiger partial charge on any atom is 0.163 e. The number of hydrogen-bond acceptors (Lipinski definition) is 1. The van der Waals surface area contributed by atoms with Gasteiger partial charge in [0.15, 0.2) is 5.60 Å². The number of hydrogen-bond donors (Lipinski definition) is 2. The molecule has 25 heavy (non-hydrogen) atoms. The van der Waals surface area contributed by atoms with Crippen molar-refractivity contribution in [3.8, 4) is 0 Å². The van der Waals surface area contributed by atoms with E-state index in [0.29, 0.717) is 6.54 Å². The quantitative estimate of drug-likeness (QED) is 0.685. The Morgan fingerprint density at radius 1 is 0.720 bits per heavy atom. The zero-order valence-corrected chi connectivity index (χ0v) is 14.7. The molecule has 0 aliphatic heterocycles. The van der Waals surface area contributed by atoms with Crippen molar-refractivity contribution in [3.63, 3.8) is 0 Å². The van der Waals surface area contributed by atoms with Gasteiger partial charge < -0.3 is 10.4 Å². The van der Waals surface area contributed by atoms with E-state index in [-0.39, 0.29) is 0 Å².